The molecule has 0 aliphatic carbocycles. The summed E-state index contributed by atoms with van der Waals surface area (Å²) >= 11 is 0. The Hall–Kier alpha value is -4.27. The first-order valence-electron chi connectivity index (χ1n) is 10.6. The molecule has 4 aromatic heterocycles. The Morgan fingerprint density at radius 2 is 2.00 bits per heavy atom. The molecule has 0 spiro atoms. The van der Waals surface area contributed by atoms with E-state index in [0.717, 1.165) is 22.0 Å². The van der Waals surface area contributed by atoms with E-state index in [9.17, 15) is 9.59 Å². The van der Waals surface area contributed by atoms with Crippen LogP contribution >= 0.6 is 0 Å². The Labute approximate surface area is 189 Å². The second-order valence-corrected chi connectivity index (χ2v) is 8.43. The zero-order valence-electron chi connectivity index (χ0n) is 18.7. The quantitative estimate of drug-likeness (QED) is 0.442. The van der Waals surface area contributed by atoms with Gasteiger partial charge < -0.3 is 10.3 Å². The molecular formula is C24H23N7O2. The molecule has 0 saturated carbocycles. The van der Waals surface area contributed by atoms with Crippen molar-refractivity contribution in [3.8, 4) is 11.3 Å². The van der Waals surface area contributed by atoms with Crippen molar-refractivity contribution < 1.29 is 4.79 Å². The first kappa shape index (κ1) is 20.6. The molecular weight excluding hydrogens is 418 g/mol. The van der Waals surface area contributed by atoms with Crippen LogP contribution in [0.25, 0.3) is 27.7 Å². The van der Waals surface area contributed by atoms with Crippen molar-refractivity contribution >= 4 is 28.0 Å². The van der Waals surface area contributed by atoms with E-state index in [1.807, 2.05) is 45.0 Å². The van der Waals surface area contributed by atoms with Crippen molar-refractivity contribution in [2.24, 2.45) is 7.05 Å². The number of H-pyrrole nitrogens is 1. The molecule has 5 rings (SSSR count). The third kappa shape index (κ3) is 3.57. The van der Waals surface area contributed by atoms with E-state index in [-0.39, 0.29) is 23.1 Å². The Bertz CT molecular complexity index is 1590. The number of fused-ring (bicyclic) bond motifs is 2. The minimum Gasteiger partial charge on any atom is -0.319 e. The van der Waals surface area contributed by atoms with E-state index in [1.165, 1.54) is 4.52 Å². The third-order valence-corrected chi connectivity index (χ3v) is 5.67. The van der Waals surface area contributed by atoms with Crippen LogP contribution in [-0.2, 0) is 7.05 Å². The zero-order valence-corrected chi connectivity index (χ0v) is 18.7. The van der Waals surface area contributed by atoms with Gasteiger partial charge in [-0.15, -0.1) is 0 Å². The van der Waals surface area contributed by atoms with Crippen LogP contribution in [0.2, 0.25) is 0 Å². The number of aryl methyl sites for hydroxylation is 2. The van der Waals surface area contributed by atoms with Crippen molar-refractivity contribution in [3.05, 3.63) is 76.2 Å². The highest BCUT2D eigenvalue weighted by atomic mass is 16.2. The number of hydrogen-bond acceptors (Lipinski definition) is 5. The maximum atomic E-state index is 13.1. The van der Waals surface area contributed by atoms with Crippen LogP contribution in [0.1, 0.15) is 41.4 Å². The average molecular weight is 441 g/mol. The molecule has 166 valence electrons. The van der Waals surface area contributed by atoms with Gasteiger partial charge in [-0.05, 0) is 30.5 Å². The summed E-state index contributed by atoms with van der Waals surface area (Å²) in [5.41, 5.74) is 4.73. The van der Waals surface area contributed by atoms with Crippen molar-refractivity contribution in [2.75, 3.05) is 5.32 Å². The number of pyridine rings is 1. The second-order valence-electron chi connectivity index (χ2n) is 8.43. The van der Waals surface area contributed by atoms with Crippen LogP contribution in [0.4, 0.5) is 5.69 Å². The first-order chi connectivity index (χ1) is 15.8. The highest BCUT2D eigenvalue weighted by Gasteiger charge is 2.24. The minimum atomic E-state index is -0.389. The van der Waals surface area contributed by atoms with Gasteiger partial charge >= 0.3 is 0 Å². The van der Waals surface area contributed by atoms with Gasteiger partial charge in [0.2, 0.25) is 0 Å². The zero-order chi connectivity index (χ0) is 23.3. The highest BCUT2D eigenvalue weighted by Crippen LogP contribution is 2.26. The molecule has 0 fully saturated rings. The van der Waals surface area contributed by atoms with Crippen molar-refractivity contribution in [1.82, 2.24) is 29.4 Å². The number of nitrogens with one attached hydrogen (secondary N) is 2. The number of anilines is 1. The molecule has 1 amide bonds. The van der Waals surface area contributed by atoms with Crippen LogP contribution in [0.15, 0.2) is 53.8 Å². The number of aromatic nitrogens is 6. The van der Waals surface area contributed by atoms with E-state index < -0.39 is 0 Å². The van der Waals surface area contributed by atoms with Crippen LogP contribution in [0, 0.1) is 6.92 Å². The number of carbonyl (C=O) groups excluding carboxylic acids is 1. The van der Waals surface area contributed by atoms with Crippen LogP contribution in [0.3, 0.4) is 0 Å². The summed E-state index contributed by atoms with van der Waals surface area (Å²) < 4.78 is 3.09. The summed E-state index contributed by atoms with van der Waals surface area (Å²) in [6.07, 6.45) is 6.71. The van der Waals surface area contributed by atoms with Gasteiger partial charge in [-0.25, -0.2) is 4.52 Å². The number of amides is 1. The molecule has 5 aromatic rings. The van der Waals surface area contributed by atoms with Gasteiger partial charge in [-0.3, -0.25) is 19.3 Å². The van der Waals surface area contributed by atoms with Gasteiger partial charge in [-0.1, -0.05) is 26.0 Å². The Morgan fingerprint density at radius 1 is 1.18 bits per heavy atom. The number of hydrogen-bond donors (Lipinski definition) is 2. The highest BCUT2D eigenvalue weighted by molar-refractivity contribution is 6.05. The van der Waals surface area contributed by atoms with E-state index in [0.29, 0.717) is 22.5 Å². The van der Waals surface area contributed by atoms with Crippen molar-refractivity contribution in [2.45, 2.75) is 26.7 Å². The molecule has 2 N–H and O–H groups in total. The molecule has 0 aliphatic heterocycles. The Balaban J connectivity index is 1.64. The lowest BCUT2D eigenvalue weighted by molar-refractivity contribution is 0.102. The standard InChI is InChI=1S/C24H23N7O2/c1-13(2)20-21(23(32)27-16-10-26-30(4)11-16)29-31-12-19(28-24(33)22(20)31)15-8-17-14(3)6-5-7-18(17)25-9-15/h5-13H,1-4H3,(H,27,32)(H,28,33). The van der Waals surface area contributed by atoms with Gasteiger partial charge in [0, 0.05) is 36.0 Å². The predicted molar refractivity (Wildman–Crippen MR) is 127 cm³/mol. The van der Waals surface area contributed by atoms with Gasteiger partial charge in [0.25, 0.3) is 11.5 Å². The summed E-state index contributed by atoms with van der Waals surface area (Å²) in [6.45, 7) is 5.89. The fraction of sp³-hybridized carbons (Fsp3) is 0.208. The molecule has 0 aliphatic rings. The largest absolute Gasteiger partial charge is 0.319 e. The third-order valence-electron chi connectivity index (χ3n) is 5.67. The normalized spacial score (nSPS) is 11.5. The maximum absolute atomic E-state index is 13.1. The molecule has 9 nitrogen and oxygen atoms in total. The number of nitrogens with zero attached hydrogens (tertiary/aromatic N) is 5. The van der Waals surface area contributed by atoms with Gasteiger partial charge in [0.1, 0.15) is 5.52 Å². The Morgan fingerprint density at radius 3 is 2.73 bits per heavy atom. The number of carbonyl (C=O) groups is 1. The fourth-order valence-corrected chi connectivity index (χ4v) is 4.09. The number of benzene rings is 1. The van der Waals surface area contributed by atoms with Crippen LogP contribution < -0.4 is 10.9 Å². The van der Waals surface area contributed by atoms with E-state index in [1.54, 1.807) is 36.5 Å². The summed E-state index contributed by atoms with van der Waals surface area (Å²) in [6, 6.07) is 7.94. The average Bonchev–Trinajstić information content (AvgIpc) is 3.37. The topological polar surface area (TPSA) is 110 Å². The molecule has 33 heavy (non-hydrogen) atoms. The molecule has 0 bridgehead atoms. The first-order valence-corrected chi connectivity index (χ1v) is 10.6. The molecule has 0 saturated heterocycles. The predicted octanol–water partition coefficient (Wildman–Crippen LogP) is 3.66. The summed E-state index contributed by atoms with van der Waals surface area (Å²) in [4.78, 5) is 33.6. The molecule has 9 heteroatoms. The molecule has 0 unspecified atom stereocenters. The smallest absolute Gasteiger partial charge is 0.276 e. The minimum absolute atomic E-state index is 0.0888. The number of aromatic amines is 1. The lowest BCUT2D eigenvalue weighted by Gasteiger charge is -2.07. The lowest BCUT2D eigenvalue weighted by atomic mass is 10.0. The van der Waals surface area contributed by atoms with Gasteiger partial charge in [-0.2, -0.15) is 10.2 Å². The summed E-state index contributed by atoms with van der Waals surface area (Å²) in [7, 11) is 1.77. The van der Waals surface area contributed by atoms with Crippen molar-refractivity contribution in [1.29, 1.82) is 0 Å². The van der Waals surface area contributed by atoms with E-state index in [4.69, 9.17) is 0 Å². The molecule has 0 radical (unpaired) electrons. The molecule has 0 atom stereocenters. The SMILES string of the molecule is Cc1cccc2ncc(-c3cn4nc(C(=O)Nc5cnn(C)c5)c(C(C)C)c4c(=O)[nH]3)cc12. The van der Waals surface area contributed by atoms with Gasteiger partial charge in [0.15, 0.2) is 5.69 Å². The fourth-order valence-electron chi connectivity index (χ4n) is 4.09. The van der Waals surface area contributed by atoms with Crippen molar-refractivity contribution in [3.63, 3.8) is 0 Å². The summed E-state index contributed by atoms with van der Waals surface area (Å²) in [5, 5.41) is 12.4. The maximum Gasteiger partial charge on any atom is 0.276 e. The van der Waals surface area contributed by atoms with E-state index >= 15 is 0 Å². The summed E-state index contributed by atoms with van der Waals surface area (Å²) in [5.74, 6) is -0.478. The van der Waals surface area contributed by atoms with Crippen LogP contribution in [-0.4, -0.2) is 35.3 Å². The molecule has 4 heterocycles. The number of rotatable bonds is 4. The monoisotopic (exact) mass is 441 g/mol. The lowest BCUT2D eigenvalue weighted by Crippen LogP contribution is -2.15. The molecule has 1 aromatic carbocycles. The second kappa shape index (κ2) is 7.70. The Kier molecular flexibility index (Phi) is 4.81. The van der Waals surface area contributed by atoms with Crippen LogP contribution in [0.5, 0.6) is 0 Å². The van der Waals surface area contributed by atoms with Gasteiger partial charge in [0.05, 0.1) is 29.3 Å². The van der Waals surface area contributed by atoms with E-state index in [2.05, 4.69) is 25.5 Å².